The lowest BCUT2D eigenvalue weighted by Gasteiger charge is -2.22. The van der Waals surface area contributed by atoms with E-state index in [9.17, 15) is 19.5 Å². The second-order valence-electron chi connectivity index (χ2n) is 4.71. The van der Waals surface area contributed by atoms with Crippen LogP contribution < -0.4 is 5.56 Å². The highest BCUT2D eigenvalue weighted by Gasteiger charge is 2.45. The summed E-state index contributed by atoms with van der Waals surface area (Å²) in [5.74, 6) is -1.23. The molecule has 2 N–H and O–H groups in total. The zero-order valence-electron chi connectivity index (χ0n) is 10.5. The topological polar surface area (TPSA) is 103 Å². The molecular weight excluding hydrogens is 250 g/mol. The molecule has 1 saturated heterocycles. The minimum atomic E-state index is -0.875. The van der Waals surface area contributed by atoms with Crippen molar-refractivity contribution in [2.24, 2.45) is 5.41 Å². The number of rotatable bonds is 3. The van der Waals surface area contributed by atoms with Gasteiger partial charge in [-0.1, -0.05) is 6.92 Å². The zero-order chi connectivity index (χ0) is 14.0. The summed E-state index contributed by atoms with van der Waals surface area (Å²) in [7, 11) is 0. The molecule has 1 atom stereocenters. The Hall–Kier alpha value is -2.18. The predicted molar refractivity (Wildman–Crippen MR) is 65.7 cm³/mol. The molecule has 7 nitrogen and oxygen atoms in total. The maximum atomic E-state index is 12.1. The average Bonchev–Trinajstić information content (AvgIpc) is 2.84. The number of hydrogen-bond donors (Lipinski definition) is 2. The van der Waals surface area contributed by atoms with Crippen molar-refractivity contribution in [3.05, 3.63) is 28.4 Å². The first-order valence-corrected chi connectivity index (χ1v) is 6.06. The van der Waals surface area contributed by atoms with E-state index in [0.717, 1.165) is 6.20 Å². The normalized spacial score (nSPS) is 22.5. The highest BCUT2D eigenvalue weighted by Crippen LogP contribution is 2.34. The molecule has 1 aromatic heterocycles. The summed E-state index contributed by atoms with van der Waals surface area (Å²) in [4.78, 5) is 41.9. The first-order chi connectivity index (χ1) is 8.98. The van der Waals surface area contributed by atoms with E-state index < -0.39 is 11.4 Å². The molecular formula is C12H15N3O4. The maximum Gasteiger partial charge on any atom is 0.311 e. The van der Waals surface area contributed by atoms with Crippen molar-refractivity contribution in [3.8, 4) is 0 Å². The van der Waals surface area contributed by atoms with Gasteiger partial charge in [-0.3, -0.25) is 14.4 Å². The Balaban J connectivity index is 2.17. The van der Waals surface area contributed by atoms with Crippen LogP contribution in [0.4, 0.5) is 0 Å². The van der Waals surface area contributed by atoms with E-state index in [1.165, 1.54) is 11.1 Å². The van der Waals surface area contributed by atoms with Gasteiger partial charge in [0.05, 0.1) is 11.6 Å². The van der Waals surface area contributed by atoms with E-state index in [1.54, 1.807) is 6.92 Å². The lowest BCUT2D eigenvalue weighted by molar-refractivity contribution is -0.148. The summed E-state index contributed by atoms with van der Waals surface area (Å²) in [6, 6.07) is 0. The van der Waals surface area contributed by atoms with Gasteiger partial charge in [0, 0.05) is 19.3 Å². The van der Waals surface area contributed by atoms with Crippen LogP contribution >= 0.6 is 0 Å². The Kier molecular flexibility index (Phi) is 3.37. The monoisotopic (exact) mass is 265 g/mol. The van der Waals surface area contributed by atoms with Crippen molar-refractivity contribution in [3.63, 3.8) is 0 Å². The molecule has 0 saturated carbocycles. The van der Waals surface area contributed by atoms with Gasteiger partial charge in [0.1, 0.15) is 5.69 Å². The first kappa shape index (κ1) is 13.3. The fraction of sp³-hybridized carbons (Fsp3) is 0.500. The molecule has 0 aliphatic carbocycles. The van der Waals surface area contributed by atoms with Gasteiger partial charge in [-0.05, 0) is 12.8 Å². The number of aromatic amines is 1. The SMILES string of the molecule is CCC1(C(=O)O)CCN(C(=O)c2c[nH]c(=O)cn2)C1. The number of carboxylic acid groups (broad SMARTS) is 1. The molecule has 1 unspecified atom stereocenters. The average molecular weight is 265 g/mol. The summed E-state index contributed by atoms with van der Waals surface area (Å²) in [5.41, 5.74) is -1.12. The van der Waals surface area contributed by atoms with Crippen LogP contribution in [-0.2, 0) is 4.79 Å². The third-order valence-electron chi connectivity index (χ3n) is 3.66. The standard InChI is InChI=1S/C12H15N3O4/c1-2-12(11(18)19)3-4-15(7-12)10(17)8-5-14-9(16)6-13-8/h5-6H,2-4,7H2,1H3,(H,14,16)(H,18,19). The van der Waals surface area contributed by atoms with Crippen LogP contribution in [0.5, 0.6) is 0 Å². The Morgan fingerprint density at radius 2 is 2.32 bits per heavy atom. The van der Waals surface area contributed by atoms with Crippen LogP contribution in [0.2, 0.25) is 0 Å². The van der Waals surface area contributed by atoms with Gasteiger partial charge in [-0.25, -0.2) is 4.98 Å². The Morgan fingerprint density at radius 3 is 2.79 bits per heavy atom. The van der Waals surface area contributed by atoms with Crippen LogP contribution in [0.15, 0.2) is 17.2 Å². The lowest BCUT2D eigenvalue weighted by Crippen LogP contribution is -2.37. The summed E-state index contributed by atoms with van der Waals surface area (Å²) >= 11 is 0. The van der Waals surface area contributed by atoms with Crippen molar-refractivity contribution in [1.82, 2.24) is 14.9 Å². The Morgan fingerprint density at radius 1 is 1.58 bits per heavy atom. The molecule has 2 heterocycles. The van der Waals surface area contributed by atoms with Crippen molar-refractivity contribution in [1.29, 1.82) is 0 Å². The number of carboxylic acids is 1. The van der Waals surface area contributed by atoms with Crippen molar-refractivity contribution >= 4 is 11.9 Å². The number of aliphatic carboxylic acids is 1. The minimum Gasteiger partial charge on any atom is -0.481 e. The summed E-state index contributed by atoms with van der Waals surface area (Å²) in [6.45, 7) is 2.37. The number of H-pyrrole nitrogens is 1. The number of carbonyl (C=O) groups is 2. The van der Waals surface area contributed by atoms with E-state index >= 15 is 0 Å². The predicted octanol–water partition coefficient (Wildman–Crippen LogP) is 0.0968. The first-order valence-electron chi connectivity index (χ1n) is 6.06. The van der Waals surface area contributed by atoms with Crippen LogP contribution in [0.1, 0.15) is 30.3 Å². The molecule has 1 amide bonds. The van der Waals surface area contributed by atoms with Gasteiger partial charge in [0.15, 0.2) is 0 Å². The lowest BCUT2D eigenvalue weighted by atomic mass is 9.84. The number of nitrogens with one attached hydrogen (secondary N) is 1. The fourth-order valence-electron chi connectivity index (χ4n) is 2.28. The van der Waals surface area contributed by atoms with Gasteiger partial charge < -0.3 is 15.0 Å². The van der Waals surface area contributed by atoms with E-state index in [4.69, 9.17) is 0 Å². The molecule has 1 aliphatic heterocycles. The molecule has 102 valence electrons. The molecule has 0 bridgehead atoms. The molecule has 1 aliphatic rings. The second-order valence-corrected chi connectivity index (χ2v) is 4.71. The largest absolute Gasteiger partial charge is 0.481 e. The molecule has 0 spiro atoms. The molecule has 19 heavy (non-hydrogen) atoms. The third-order valence-corrected chi connectivity index (χ3v) is 3.66. The van der Waals surface area contributed by atoms with Gasteiger partial charge in [-0.15, -0.1) is 0 Å². The van der Waals surface area contributed by atoms with Crippen LogP contribution in [0.25, 0.3) is 0 Å². The smallest absolute Gasteiger partial charge is 0.311 e. The van der Waals surface area contributed by atoms with Crippen LogP contribution in [0, 0.1) is 5.41 Å². The molecule has 0 aromatic carbocycles. The third kappa shape index (κ3) is 2.35. The van der Waals surface area contributed by atoms with Crippen molar-refractivity contribution < 1.29 is 14.7 Å². The summed E-state index contributed by atoms with van der Waals surface area (Å²) in [5, 5.41) is 9.27. The number of amides is 1. The van der Waals surface area contributed by atoms with E-state index in [1.807, 2.05) is 0 Å². The number of carbonyl (C=O) groups excluding carboxylic acids is 1. The van der Waals surface area contributed by atoms with E-state index in [-0.39, 0.29) is 23.7 Å². The molecule has 0 radical (unpaired) electrons. The quantitative estimate of drug-likeness (QED) is 0.806. The van der Waals surface area contributed by atoms with E-state index in [2.05, 4.69) is 9.97 Å². The van der Waals surface area contributed by atoms with E-state index in [0.29, 0.717) is 19.4 Å². The number of nitrogens with zero attached hydrogens (tertiary/aromatic N) is 2. The summed E-state index contributed by atoms with van der Waals surface area (Å²) < 4.78 is 0. The fourth-order valence-corrected chi connectivity index (χ4v) is 2.28. The number of hydrogen-bond acceptors (Lipinski definition) is 4. The highest BCUT2D eigenvalue weighted by atomic mass is 16.4. The number of likely N-dealkylation sites (tertiary alicyclic amines) is 1. The molecule has 1 fully saturated rings. The van der Waals surface area contributed by atoms with Gasteiger partial charge >= 0.3 is 5.97 Å². The molecule has 7 heteroatoms. The number of aromatic nitrogens is 2. The van der Waals surface area contributed by atoms with Crippen molar-refractivity contribution in [2.75, 3.05) is 13.1 Å². The van der Waals surface area contributed by atoms with Gasteiger partial charge in [-0.2, -0.15) is 0 Å². The summed E-state index contributed by atoms with van der Waals surface area (Å²) in [6.07, 6.45) is 3.20. The minimum absolute atomic E-state index is 0.122. The molecule has 2 rings (SSSR count). The van der Waals surface area contributed by atoms with Gasteiger partial charge in [0.2, 0.25) is 0 Å². The Labute approximate surface area is 109 Å². The van der Waals surface area contributed by atoms with Crippen LogP contribution in [0.3, 0.4) is 0 Å². The van der Waals surface area contributed by atoms with Crippen LogP contribution in [-0.4, -0.2) is 44.9 Å². The highest BCUT2D eigenvalue weighted by molar-refractivity contribution is 5.93. The van der Waals surface area contributed by atoms with Crippen molar-refractivity contribution in [2.45, 2.75) is 19.8 Å². The molecule has 1 aromatic rings. The van der Waals surface area contributed by atoms with Gasteiger partial charge in [0.25, 0.3) is 11.5 Å². The zero-order valence-corrected chi connectivity index (χ0v) is 10.5. The second kappa shape index (κ2) is 4.83. The maximum absolute atomic E-state index is 12.1. The Bertz CT molecular complexity index is 548.